The summed E-state index contributed by atoms with van der Waals surface area (Å²) in [5, 5.41) is 12.4. The quantitative estimate of drug-likeness (QED) is 0.237. The van der Waals surface area contributed by atoms with Crippen LogP contribution in [0.1, 0.15) is 25.7 Å². The Hall–Kier alpha value is -2.32. The van der Waals surface area contributed by atoms with Gasteiger partial charge in [-0.25, -0.2) is 9.59 Å². The molecule has 0 saturated carbocycles. The van der Waals surface area contributed by atoms with Crippen molar-refractivity contribution in [3.8, 4) is 0 Å². The summed E-state index contributed by atoms with van der Waals surface area (Å²) in [7, 11) is 1.21. The minimum atomic E-state index is -1.09. The number of rotatable bonds is 5. The zero-order valence-electron chi connectivity index (χ0n) is 11.1. The van der Waals surface area contributed by atoms with Gasteiger partial charge < -0.3 is 20.4 Å². The van der Waals surface area contributed by atoms with Gasteiger partial charge in [0.2, 0.25) is 0 Å². The van der Waals surface area contributed by atoms with Crippen molar-refractivity contribution >= 4 is 23.9 Å². The highest BCUT2D eigenvalue weighted by atomic mass is 16.7. The zero-order valence-corrected chi connectivity index (χ0v) is 11.1. The Labute approximate surface area is 115 Å². The summed E-state index contributed by atoms with van der Waals surface area (Å²) >= 11 is 0. The van der Waals surface area contributed by atoms with E-state index in [0.717, 1.165) is 4.90 Å². The first-order valence-corrected chi connectivity index (χ1v) is 6.05. The number of ether oxygens (including phenoxy) is 1. The summed E-state index contributed by atoms with van der Waals surface area (Å²) < 4.78 is 4.37. The molecule has 3 N–H and O–H groups in total. The van der Waals surface area contributed by atoms with Crippen molar-refractivity contribution < 1.29 is 29.1 Å². The number of methoxy groups -OCH3 is 1. The number of carbonyl (C=O) groups is 3. The first kappa shape index (κ1) is 15.7. The molecule has 9 heteroatoms. The van der Waals surface area contributed by atoms with Crippen LogP contribution in [-0.2, 0) is 19.2 Å². The fraction of sp³-hybridized carbons (Fsp3) is 0.636. The van der Waals surface area contributed by atoms with Crippen molar-refractivity contribution in [2.24, 2.45) is 10.9 Å². The lowest BCUT2D eigenvalue weighted by molar-refractivity contribution is -0.149. The van der Waals surface area contributed by atoms with Gasteiger partial charge in [0.25, 0.3) is 0 Å². The summed E-state index contributed by atoms with van der Waals surface area (Å²) in [5.41, 5.74) is 5.61. The molecule has 0 aromatic rings. The standard InChI is InChI=1S/C11H17N3O6/c1-19-8(15)4-5-9(16)20-13-10(12)7-3-2-6-14(7)11(17)18/h7H,2-6H2,1H3,(H2,12,13)(H,17,18). The van der Waals surface area contributed by atoms with Gasteiger partial charge in [-0.2, -0.15) is 0 Å². The molecule has 1 fully saturated rings. The molecule has 1 atom stereocenters. The van der Waals surface area contributed by atoms with E-state index in [0.29, 0.717) is 19.4 Å². The number of amidine groups is 1. The molecule has 112 valence electrons. The second kappa shape index (κ2) is 7.31. The molecule has 1 amide bonds. The predicted octanol–water partition coefficient (Wildman–Crippen LogP) is -0.103. The van der Waals surface area contributed by atoms with Crippen molar-refractivity contribution in [1.82, 2.24) is 4.90 Å². The lowest BCUT2D eigenvalue weighted by Crippen LogP contribution is -2.43. The van der Waals surface area contributed by atoms with Gasteiger partial charge in [0.15, 0.2) is 5.84 Å². The molecule has 1 rings (SSSR count). The van der Waals surface area contributed by atoms with Gasteiger partial charge in [-0.05, 0) is 12.8 Å². The van der Waals surface area contributed by atoms with Crippen LogP contribution in [0.5, 0.6) is 0 Å². The molecule has 0 spiro atoms. The summed E-state index contributed by atoms with van der Waals surface area (Å²) in [5.74, 6) is -1.35. The average molecular weight is 287 g/mol. The molecule has 0 bridgehead atoms. The Bertz CT molecular complexity index is 422. The Morgan fingerprint density at radius 2 is 2.00 bits per heavy atom. The molecule has 1 aliphatic heterocycles. The van der Waals surface area contributed by atoms with Crippen molar-refractivity contribution in [2.75, 3.05) is 13.7 Å². The number of likely N-dealkylation sites (tertiary alicyclic amines) is 1. The third kappa shape index (κ3) is 4.41. The summed E-state index contributed by atoms with van der Waals surface area (Å²) in [4.78, 5) is 38.7. The number of esters is 1. The summed E-state index contributed by atoms with van der Waals surface area (Å²) in [6, 6.07) is -0.582. The summed E-state index contributed by atoms with van der Waals surface area (Å²) in [6.07, 6.45) is -0.195. The molecule has 1 heterocycles. The Morgan fingerprint density at radius 3 is 2.60 bits per heavy atom. The molecule has 0 aromatic heterocycles. The van der Waals surface area contributed by atoms with Crippen molar-refractivity contribution in [3.63, 3.8) is 0 Å². The van der Waals surface area contributed by atoms with Gasteiger partial charge in [0, 0.05) is 6.54 Å². The van der Waals surface area contributed by atoms with Gasteiger partial charge in [-0.1, -0.05) is 5.16 Å². The fourth-order valence-electron chi connectivity index (χ4n) is 1.82. The van der Waals surface area contributed by atoms with Gasteiger partial charge in [0.1, 0.15) is 0 Å². The number of nitrogens with zero attached hydrogens (tertiary/aromatic N) is 2. The Kier molecular flexibility index (Phi) is 5.75. The number of hydrogen-bond acceptors (Lipinski definition) is 6. The van der Waals surface area contributed by atoms with Gasteiger partial charge in [-0.15, -0.1) is 0 Å². The van der Waals surface area contributed by atoms with Crippen LogP contribution < -0.4 is 5.73 Å². The van der Waals surface area contributed by atoms with E-state index in [1.807, 2.05) is 0 Å². The molecular formula is C11H17N3O6. The molecular weight excluding hydrogens is 270 g/mol. The van der Waals surface area contributed by atoms with Crippen molar-refractivity contribution in [3.05, 3.63) is 0 Å². The fourth-order valence-corrected chi connectivity index (χ4v) is 1.82. The molecule has 9 nitrogen and oxygen atoms in total. The smallest absolute Gasteiger partial charge is 0.407 e. The van der Waals surface area contributed by atoms with E-state index < -0.39 is 24.1 Å². The maximum absolute atomic E-state index is 11.3. The van der Waals surface area contributed by atoms with Gasteiger partial charge in [-0.3, -0.25) is 9.69 Å². The molecule has 1 aliphatic rings. The largest absolute Gasteiger partial charge is 0.469 e. The number of amides is 1. The van der Waals surface area contributed by atoms with Crippen molar-refractivity contribution in [1.29, 1.82) is 0 Å². The third-order valence-corrected chi connectivity index (χ3v) is 2.85. The number of oxime groups is 1. The highest BCUT2D eigenvalue weighted by Gasteiger charge is 2.31. The lowest BCUT2D eigenvalue weighted by Gasteiger charge is -2.19. The van der Waals surface area contributed by atoms with Crippen LogP contribution in [-0.4, -0.2) is 53.6 Å². The summed E-state index contributed by atoms with van der Waals surface area (Å²) in [6.45, 7) is 0.368. The van der Waals surface area contributed by atoms with E-state index in [1.54, 1.807) is 0 Å². The Morgan fingerprint density at radius 1 is 1.35 bits per heavy atom. The monoisotopic (exact) mass is 287 g/mol. The topological polar surface area (TPSA) is 132 Å². The van der Waals surface area contributed by atoms with E-state index in [4.69, 9.17) is 10.8 Å². The van der Waals surface area contributed by atoms with Crippen LogP contribution in [0, 0.1) is 0 Å². The van der Waals surface area contributed by atoms with Gasteiger partial charge in [0.05, 0.1) is 26.0 Å². The number of carboxylic acid groups (broad SMARTS) is 1. The molecule has 0 radical (unpaired) electrons. The van der Waals surface area contributed by atoms with E-state index in [2.05, 4.69) is 14.7 Å². The number of nitrogens with two attached hydrogens (primary N) is 1. The highest BCUT2D eigenvalue weighted by Crippen LogP contribution is 2.17. The molecule has 0 aliphatic carbocycles. The second-order valence-electron chi connectivity index (χ2n) is 4.19. The minimum absolute atomic E-state index is 0.0729. The highest BCUT2D eigenvalue weighted by molar-refractivity contribution is 5.89. The van der Waals surface area contributed by atoms with Crippen LogP contribution in [0.4, 0.5) is 4.79 Å². The van der Waals surface area contributed by atoms with Crippen LogP contribution in [0.15, 0.2) is 5.16 Å². The van der Waals surface area contributed by atoms with E-state index >= 15 is 0 Å². The van der Waals surface area contributed by atoms with Gasteiger partial charge >= 0.3 is 18.0 Å². The van der Waals surface area contributed by atoms with Crippen LogP contribution in [0.3, 0.4) is 0 Å². The lowest BCUT2D eigenvalue weighted by atomic mass is 10.2. The van der Waals surface area contributed by atoms with Crippen LogP contribution in [0.2, 0.25) is 0 Å². The molecule has 20 heavy (non-hydrogen) atoms. The van der Waals surface area contributed by atoms with Crippen LogP contribution in [0.25, 0.3) is 0 Å². The third-order valence-electron chi connectivity index (χ3n) is 2.85. The first-order valence-electron chi connectivity index (χ1n) is 6.05. The van der Waals surface area contributed by atoms with Crippen molar-refractivity contribution in [2.45, 2.75) is 31.7 Å². The maximum Gasteiger partial charge on any atom is 0.407 e. The maximum atomic E-state index is 11.3. The normalized spacial score (nSPS) is 18.8. The average Bonchev–Trinajstić information content (AvgIpc) is 2.91. The zero-order chi connectivity index (χ0) is 15.1. The SMILES string of the molecule is COC(=O)CCC(=O)ON=C(N)C1CCCN1C(=O)O. The Balaban J connectivity index is 2.46. The molecule has 1 unspecified atom stereocenters. The number of carbonyl (C=O) groups excluding carboxylic acids is 2. The van der Waals surface area contributed by atoms with Crippen LogP contribution >= 0.6 is 0 Å². The first-order chi connectivity index (χ1) is 9.45. The van der Waals surface area contributed by atoms with E-state index in [9.17, 15) is 14.4 Å². The molecule has 0 aromatic carbocycles. The second-order valence-corrected chi connectivity index (χ2v) is 4.19. The molecule has 1 saturated heterocycles. The van der Waals surface area contributed by atoms with E-state index in [-0.39, 0.29) is 18.7 Å². The number of hydrogen-bond donors (Lipinski definition) is 2. The minimum Gasteiger partial charge on any atom is -0.469 e. The predicted molar refractivity (Wildman–Crippen MR) is 66.7 cm³/mol. The van der Waals surface area contributed by atoms with E-state index in [1.165, 1.54) is 7.11 Å².